The van der Waals surface area contributed by atoms with Crippen molar-refractivity contribution in [3.63, 3.8) is 0 Å². The van der Waals surface area contributed by atoms with Crippen LogP contribution in [0.2, 0.25) is 0 Å². The summed E-state index contributed by atoms with van der Waals surface area (Å²) in [5.74, 6) is 0. The van der Waals surface area contributed by atoms with Crippen LogP contribution >= 0.6 is 11.3 Å². The summed E-state index contributed by atoms with van der Waals surface area (Å²) in [7, 11) is 4.03. The van der Waals surface area contributed by atoms with Crippen molar-refractivity contribution in [3.05, 3.63) is 11.1 Å². The molecule has 0 bridgehead atoms. The number of hydrogen-bond acceptors (Lipinski definition) is 4. The van der Waals surface area contributed by atoms with E-state index in [0.717, 1.165) is 23.9 Å². The van der Waals surface area contributed by atoms with Crippen LogP contribution in [-0.4, -0.2) is 25.6 Å². The lowest BCUT2D eigenvalue weighted by Gasteiger charge is -2.05. The summed E-state index contributed by atoms with van der Waals surface area (Å²) in [5.41, 5.74) is 1.14. The van der Waals surface area contributed by atoms with E-state index in [1.54, 1.807) is 11.3 Å². The molecule has 3 nitrogen and oxygen atoms in total. The van der Waals surface area contributed by atoms with Crippen LogP contribution in [0.25, 0.3) is 0 Å². The number of nitrogens with one attached hydrogen (secondary N) is 1. The Balaban J connectivity index is 2.40. The second-order valence-electron chi connectivity index (χ2n) is 3.19. The van der Waals surface area contributed by atoms with Gasteiger partial charge in [-0.2, -0.15) is 0 Å². The van der Waals surface area contributed by atoms with Crippen LogP contribution in [-0.2, 0) is 6.54 Å². The molecule has 1 heterocycles. The first-order valence-corrected chi connectivity index (χ1v) is 5.44. The molecule has 1 rings (SSSR count). The quantitative estimate of drug-likeness (QED) is 0.732. The average molecular weight is 199 g/mol. The van der Waals surface area contributed by atoms with Gasteiger partial charge in [0.1, 0.15) is 0 Å². The lowest BCUT2D eigenvalue weighted by Crippen LogP contribution is -2.14. The molecule has 1 N–H and O–H groups in total. The third kappa shape index (κ3) is 3.32. The summed E-state index contributed by atoms with van der Waals surface area (Å²) < 4.78 is 0. The van der Waals surface area contributed by atoms with Gasteiger partial charge in [0, 0.05) is 26.0 Å². The molecule has 0 atom stereocenters. The lowest BCUT2D eigenvalue weighted by atomic mass is 10.4. The molecule has 0 fully saturated rings. The van der Waals surface area contributed by atoms with Crippen molar-refractivity contribution >= 4 is 16.5 Å². The Morgan fingerprint density at radius 3 is 2.85 bits per heavy atom. The smallest absolute Gasteiger partial charge is 0.185 e. The molecule has 1 aromatic rings. The predicted molar refractivity (Wildman–Crippen MR) is 58.4 cm³/mol. The summed E-state index contributed by atoms with van der Waals surface area (Å²) in [5, 5.41) is 6.52. The minimum Gasteiger partial charge on any atom is -0.354 e. The highest BCUT2D eigenvalue weighted by Crippen LogP contribution is 2.17. The monoisotopic (exact) mass is 199 g/mol. The van der Waals surface area contributed by atoms with Crippen molar-refractivity contribution in [1.29, 1.82) is 0 Å². The fourth-order valence-corrected chi connectivity index (χ4v) is 1.73. The molecule has 0 aliphatic rings. The van der Waals surface area contributed by atoms with Crippen molar-refractivity contribution < 1.29 is 0 Å². The summed E-state index contributed by atoms with van der Waals surface area (Å²) in [6.07, 6.45) is 1.17. The molecule has 74 valence electrons. The van der Waals surface area contributed by atoms with Crippen LogP contribution in [0.3, 0.4) is 0 Å². The summed E-state index contributed by atoms with van der Waals surface area (Å²) in [6.45, 7) is 4.12. The van der Waals surface area contributed by atoms with Crippen LogP contribution in [0.5, 0.6) is 0 Å². The van der Waals surface area contributed by atoms with Gasteiger partial charge in [0.05, 0.1) is 5.69 Å². The Morgan fingerprint density at radius 1 is 1.54 bits per heavy atom. The van der Waals surface area contributed by atoms with E-state index in [1.165, 1.54) is 6.42 Å². The Kier molecular flexibility index (Phi) is 4.18. The number of nitrogens with zero attached hydrogens (tertiary/aromatic N) is 2. The van der Waals surface area contributed by atoms with E-state index >= 15 is 0 Å². The van der Waals surface area contributed by atoms with Crippen molar-refractivity contribution in [2.45, 2.75) is 19.9 Å². The number of anilines is 1. The van der Waals surface area contributed by atoms with Crippen molar-refractivity contribution in [2.75, 3.05) is 25.5 Å². The molecule has 13 heavy (non-hydrogen) atoms. The van der Waals surface area contributed by atoms with Gasteiger partial charge in [-0.3, -0.25) is 0 Å². The van der Waals surface area contributed by atoms with Gasteiger partial charge in [0.25, 0.3) is 0 Å². The molecule has 0 aromatic carbocycles. The third-order valence-electron chi connectivity index (χ3n) is 1.66. The second-order valence-corrected chi connectivity index (χ2v) is 4.03. The van der Waals surface area contributed by atoms with Crippen molar-refractivity contribution in [1.82, 2.24) is 10.3 Å². The normalized spacial score (nSPS) is 10.4. The van der Waals surface area contributed by atoms with Gasteiger partial charge in [-0.15, -0.1) is 11.3 Å². The Labute approximate surface area is 83.8 Å². The van der Waals surface area contributed by atoms with E-state index < -0.39 is 0 Å². The molecule has 0 unspecified atom stereocenters. The highest BCUT2D eigenvalue weighted by atomic mass is 32.1. The minimum absolute atomic E-state index is 0.887. The molecule has 1 aromatic heterocycles. The topological polar surface area (TPSA) is 28.2 Å². The maximum Gasteiger partial charge on any atom is 0.185 e. The molecule has 0 aliphatic heterocycles. The fraction of sp³-hybridized carbons (Fsp3) is 0.667. The van der Waals surface area contributed by atoms with Gasteiger partial charge in [-0.05, 0) is 13.0 Å². The average Bonchev–Trinajstić information content (AvgIpc) is 2.53. The molecular weight excluding hydrogens is 182 g/mol. The van der Waals surface area contributed by atoms with Crippen LogP contribution in [0.4, 0.5) is 5.13 Å². The standard InChI is InChI=1S/C9H17N3S/c1-4-5-10-6-8-7-13-9(11-8)12(2)3/h7,10H,4-6H2,1-3H3. The molecule has 0 saturated heterocycles. The van der Waals surface area contributed by atoms with Gasteiger partial charge >= 0.3 is 0 Å². The largest absolute Gasteiger partial charge is 0.354 e. The first-order valence-electron chi connectivity index (χ1n) is 4.56. The van der Waals surface area contributed by atoms with E-state index in [0.29, 0.717) is 0 Å². The Bertz CT molecular complexity index is 245. The molecule has 0 saturated carbocycles. The molecule has 0 spiro atoms. The molecule has 0 aliphatic carbocycles. The summed E-state index contributed by atoms with van der Waals surface area (Å²) in [4.78, 5) is 6.50. The number of thiazole rings is 1. The van der Waals surface area contributed by atoms with Gasteiger partial charge in [0.15, 0.2) is 5.13 Å². The third-order valence-corrected chi connectivity index (χ3v) is 2.71. The number of rotatable bonds is 5. The summed E-state index contributed by atoms with van der Waals surface area (Å²) in [6, 6.07) is 0. The highest BCUT2D eigenvalue weighted by Gasteiger charge is 2.01. The Morgan fingerprint density at radius 2 is 2.31 bits per heavy atom. The zero-order chi connectivity index (χ0) is 9.68. The molecule has 0 amide bonds. The van der Waals surface area contributed by atoms with Crippen LogP contribution in [0.15, 0.2) is 5.38 Å². The first kappa shape index (κ1) is 10.5. The molecular formula is C9H17N3S. The van der Waals surface area contributed by atoms with Crippen LogP contribution in [0, 0.1) is 0 Å². The van der Waals surface area contributed by atoms with Gasteiger partial charge in [-0.25, -0.2) is 4.98 Å². The van der Waals surface area contributed by atoms with Gasteiger partial charge in [-0.1, -0.05) is 6.92 Å². The van der Waals surface area contributed by atoms with E-state index in [2.05, 4.69) is 22.6 Å². The zero-order valence-electron chi connectivity index (χ0n) is 8.50. The maximum absolute atomic E-state index is 4.46. The SMILES string of the molecule is CCCNCc1csc(N(C)C)n1. The summed E-state index contributed by atoms with van der Waals surface area (Å²) >= 11 is 1.69. The van der Waals surface area contributed by atoms with E-state index in [9.17, 15) is 0 Å². The molecule has 4 heteroatoms. The van der Waals surface area contributed by atoms with E-state index in [1.807, 2.05) is 19.0 Å². The van der Waals surface area contributed by atoms with Crippen LogP contribution in [0.1, 0.15) is 19.0 Å². The lowest BCUT2D eigenvalue weighted by molar-refractivity contribution is 0.666. The second kappa shape index (κ2) is 5.19. The highest BCUT2D eigenvalue weighted by molar-refractivity contribution is 7.13. The number of aromatic nitrogens is 1. The minimum atomic E-state index is 0.887. The first-order chi connectivity index (χ1) is 6.24. The number of hydrogen-bond donors (Lipinski definition) is 1. The van der Waals surface area contributed by atoms with Crippen molar-refractivity contribution in [2.24, 2.45) is 0 Å². The van der Waals surface area contributed by atoms with Crippen LogP contribution < -0.4 is 10.2 Å². The van der Waals surface area contributed by atoms with Crippen molar-refractivity contribution in [3.8, 4) is 0 Å². The zero-order valence-corrected chi connectivity index (χ0v) is 9.32. The maximum atomic E-state index is 4.46. The Hall–Kier alpha value is -0.610. The van der Waals surface area contributed by atoms with Gasteiger partial charge < -0.3 is 10.2 Å². The van der Waals surface area contributed by atoms with Gasteiger partial charge in [0.2, 0.25) is 0 Å². The predicted octanol–water partition coefficient (Wildman–Crippen LogP) is 1.71. The fourth-order valence-electron chi connectivity index (χ4n) is 0.976. The molecule has 0 radical (unpaired) electrons. The van der Waals surface area contributed by atoms with E-state index in [-0.39, 0.29) is 0 Å². The van der Waals surface area contributed by atoms with E-state index in [4.69, 9.17) is 0 Å².